The molecule has 1 aromatic rings. The van der Waals surface area contributed by atoms with E-state index in [-0.39, 0.29) is 11.7 Å². The lowest BCUT2D eigenvalue weighted by atomic mass is 9.82. The van der Waals surface area contributed by atoms with Crippen LogP contribution in [0, 0.1) is 11.6 Å². The van der Waals surface area contributed by atoms with Crippen LogP contribution >= 0.6 is 0 Å². The van der Waals surface area contributed by atoms with Gasteiger partial charge in [-0.3, -0.25) is 0 Å². The quantitative estimate of drug-likeness (QED) is 0.819. The molecule has 2 fully saturated rings. The molecule has 2 aliphatic rings. The van der Waals surface area contributed by atoms with Crippen molar-refractivity contribution in [1.29, 1.82) is 0 Å². The lowest BCUT2D eigenvalue weighted by Gasteiger charge is -2.47. The molecule has 1 aromatic carbocycles. The molecule has 2 bridgehead atoms. The predicted octanol–water partition coefficient (Wildman–Crippen LogP) is 2.97. The maximum Gasteiger partial charge on any atom is 0.151 e. The van der Waals surface area contributed by atoms with Gasteiger partial charge in [-0.15, -0.1) is 0 Å². The molecule has 3 rings (SSSR count). The van der Waals surface area contributed by atoms with Gasteiger partial charge in [0.05, 0.1) is 11.4 Å². The number of benzene rings is 1. The van der Waals surface area contributed by atoms with Crippen LogP contribution in [0.25, 0.3) is 0 Å². The fourth-order valence-corrected chi connectivity index (χ4v) is 3.66. The molecule has 2 unspecified atom stereocenters. The first-order valence-electron chi connectivity index (χ1n) is 7.27. The molecule has 0 aliphatic carbocycles. The van der Waals surface area contributed by atoms with Gasteiger partial charge in [0, 0.05) is 24.2 Å². The van der Waals surface area contributed by atoms with Crippen LogP contribution in [0.2, 0.25) is 0 Å². The summed E-state index contributed by atoms with van der Waals surface area (Å²) in [5.74, 6) is -1.28. The van der Waals surface area contributed by atoms with E-state index in [0.717, 1.165) is 18.9 Å². The van der Waals surface area contributed by atoms with E-state index in [1.807, 2.05) is 0 Å². The van der Waals surface area contributed by atoms with Crippen molar-refractivity contribution in [3.63, 3.8) is 0 Å². The van der Waals surface area contributed by atoms with Crippen molar-refractivity contribution in [1.82, 2.24) is 4.90 Å². The minimum atomic E-state index is -0.694. The van der Waals surface area contributed by atoms with Gasteiger partial charge in [0.2, 0.25) is 0 Å². The average molecular weight is 281 g/mol. The van der Waals surface area contributed by atoms with E-state index in [1.165, 1.54) is 25.3 Å². The van der Waals surface area contributed by atoms with Crippen LogP contribution in [0.4, 0.5) is 20.2 Å². The molecule has 20 heavy (non-hydrogen) atoms. The Bertz CT molecular complexity index is 492. The Morgan fingerprint density at radius 1 is 1.20 bits per heavy atom. The van der Waals surface area contributed by atoms with E-state index < -0.39 is 11.6 Å². The van der Waals surface area contributed by atoms with Crippen LogP contribution in [0.3, 0.4) is 0 Å². The number of halogens is 2. The summed E-state index contributed by atoms with van der Waals surface area (Å²) in [7, 11) is 2.18. The summed E-state index contributed by atoms with van der Waals surface area (Å²) in [6.45, 7) is 0. The number of fused-ring (bicyclic) bond motifs is 2. The summed E-state index contributed by atoms with van der Waals surface area (Å²) >= 11 is 0. The first-order valence-corrected chi connectivity index (χ1v) is 7.27. The SMILES string of the molecule is CN1C2CCCC1CC(Nc1cc(F)cc(F)c1N)C2. The molecule has 0 spiro atoms. The van der Waals surface area contributed by atoms with Crippen molar-refractivity contribution in [2.75, 3.05) is 18.1 Å². The van der Waals surface area contributed by atoms with E-state index in [9.17, 15) is 8.78 Å². The summed E-state index contributed by atoms with van der Waals surface area (Å²) in [6.07, 6.45) is 5.70. The largest absolute Gasteiger partial charge is 0.395 e. The predicted molar refractivity (Wildman–Crippen MR) is 76.6 cm³/mol. The first-order chi connectivity index (χ1) is 9.54. The number of nitrogens with zero attached hydrogens (tertiary/aromatic N) is 1. The number of nitrogens with two attached hydrogens (primary N) is 1. The Morgan fingerprint density at radius 2 is 1.85 bits per heavy atom. The number of piperidine rings is 2. The van der Waals surface area contributed by atoms with Crippen LogP contribution < -0.4 is 11.1 Å². The molecule has 2 aliphatic heterocycles. The highest BCUT2D eigenvalue weighted by atomic mass is 19.1. The minimum absolute atomic E-state index is 0.00971. The smallest absolute Gasteiger partial charge is 0.151 e. The Morgan fingerprint density at radius 3 is 2.50 bits per heavy atom. The number of rotatable bonds is 2. The topological polar surface area (TPSA) is 41.3 Å². The van der Waals surface area contributed by atoms with Crippen molar-refractivity contribution in [3.05, 3.63) is 23.8 Å². The number of nitrogens with one attached hydrogen (secondary N) is 1. The highest BCUT2D eigenvalue weighted by Gasteiger charge is 2.36. The average Bonchev–Trinajstić information content (AvgIpc) is 2.36. The lowest BCUT2D eigenvalue weighted by Crippen LogP contribution is -2.52. The van der Waals surface area contributed by atoms with E-state index >= 15 is 0 Å². The highest BCUT2D eigenvalue weighted by Crippen LogP contribution is 2.35. The fraction of sp³-hybridized carbons (Fsp3) is 0.600. The summed E-state index contributed by atoms with van der Waals surface area (Å²) < 4.78 is 26.8. The Labute approximate surface area is 118 Å². The number of hydrogen-bond acceptors (Lipinski definition) is 3. The molecule has 2 atom stereocenters. The normalized spacial score (nSPS) is 30.2. The summed E-state index contributed by atoms with van der Waals surface area (Å²) in [6, 6.07) is 3.49. The monoisotopic (exact) mass is 281 g/mol. The Hall–Kier alpha value is -1.36. The minimum Gasteiger partial charge on any atom is -0.395 e. The highest BCUT2D eigenvalue weighted by molar-refractivity contribution is 5.67. The molecule has 3 N–H and O–H groups in total. The van der Waals surface area contributed by atoms with Gasteiger partial charge >= 0.3 is 0 Å². The van der Waals surface area contributed by atoms with Crippen molar-refractivity contribution < 1.29 is 8.78 Å². The maximum absolute atomic E-state index is 13.5. The molecule has 0 amide bonds. The van der Waals surface area contributed by atoms with Gasteiger partial charge in [-0.2, -0.15) is 0 Å². The second kappa shape index (κ2) is 5.20. The first kappa shape index (κ1) is 13.6. The molecule has 2 heterocycles. The number of nitrogen functional groups attached to an aromatic ring is 1. The van der Waals surface area contributed by atoms with E-state index in [0.29, 0.717) is 17.8 Å². The van der Waals surface area contributed by atoms with Gasteiger partial charge in [-0.25, -0.2) is 8.78 Å². The van der Waals surface area contributed by atoms with Crippen molar-refractivity contribution >= 4 is 11.4 Å². The van der Waals surface area contributed by atoms with Gasteiger partial charge < -0.3 is 16.0 Å². The summed E-state index contributed by atoms with van der Waals surface area (Å²) in [4.78, 5) is 2.46. The Kier molecular flexibility index (Phi) is 3.54. The van der Waals surface area contributed by atoms with Crippen molar-refractivity contribution in [2.45, 2.75) is 50.2 Å². The molecule has 5 heteroatoms. The third-order valence-electron chi connectivity index (χ3n) is 4.79. The summed E-state index contributed by atoms with van der Waals surface area (Å²) in [5, 5.41) is 3.25. The zero-order valence-corrected chi connectivity index (χ0v) is 11.7. The molecular formula is C15H21F2N3. The standard InChI is InChI=1S/C15H21F2N3/c1-20-11-3-2-4-12(20)8-10(7-11)19-14-6-9(16)5-13(17)15(14)18/h5-6,10-12,19H,2-4,7-8,18H2,1H3. The van der Waals surface area contributed by atoms with Gasteiger partial charge in [-0.1, -0.05) is 6.42 Å². The Balaban J connectivity index is 1.76. The van der Waals surface area contributed by atoms with Crippen LogP contribution in [0.1, 0.15) is 32.1 Å². The third-order valence-corrected chi connectivity index (χ3v) is 4.79. The van der Waals surface area contributed by atoms with Crippen LogP contribution in [-0.4, -0.2) is 30.1 Å². The van der Waals surface area contributed by atoms with Crippen molar-refractivity contribution in [3.8, 4) is 0 Å². The zero-order valence-electron chi connectivity index (χ0n) is 11.7. The molecule has 0 radical (unpaired) electrons. The molecule has 110 valence electrons. The van der Waals surface area contributed by atoms with Crippen LogP contribution in [0.15, 0.2) is 12.1 Å². The van der Waals surface area contributed by atoms with E-state index in [1.54, 1.807) is 0 Å². The van der Waals surface area contributed by atoms with Crippen LogP contribution in [0.5, 0.6) is 0 Å². The molecule has 0 saturated carbocycles. The van der Waals surface area contributed by atoms with Crippen molar-refractivity contribution in [2.24, 2.45) is 0 Å². The summed E-state index contributed by atoms with van der Waals surface area (Å²) in [5.41, 5.74) is 6.09. The lowest BCUT2D eigenvalue weighted by molar-refractivity contribution is 0.0608. The zero-order chi connectivity index (χ0) is 14.3. The molecular weight excluding hydrogens is 260 g/mol. The number of anilines is 2. The third kappa shape index (κ3) is 2.46. The van der Waals surface area contributed by atoms with Gasteiger partial charge in [0.1, 0.15) is 5.82 Å². The van der Waals surface area contributed by atoms with Gasteiger partial charge in [0.15, 0.2) is 5.82 Å². The molecule has 3 nitrogen and oxygen atoms in total. The van der Waals surface area contributed by atoms with E-state index in [2.05, 4.69) is 17.3 Å². The second-order valence-corrected chi connectivity index (χ2v) is 6.07. The van der Waals surface area contributed by atoms with E-state index in [4.69, 9.17) is 5.73 Å². The van der Waals surface area contributed by atoms with Gasteiger partial charge in [-0.05, 0) is 38.8 Å². The molecule has 2 saturated heterocycles. The van der Waals surface area contributed by atoms with Crippen LogP contribution in [-0.2, 0) is 0 Å². The van der Waals surface area contributed by atoms with Gasteiger partial charge in [0.25, 0.3) is 0 Å². The number of hydrogen-bond donors (Lipinski definition) is 2. The second-order valence-electron chi connectivity index (χ2n) is 6.07. The fourth-order valence-electron chi connectivity index (χ4n) is 3.66. The molecule has 0 aromatic heterocycles. The maximum atomic E-state index is 13.5.